The van der Waals surface area contributed by atoms with Gasteiger partial charge in [0.15, 0.2) is 5.67 Å². The van der Waals surface area contributed by atoms with Crippen molar-refractivity contribution in [3.63, 3.8) is 0 Å². The number of allylic oxidation sites excluding steroid dienone is 2. The molecule has 0 aliphatic heterocycles. The van der Waals surface area contributed by atoms with E-state index in [0.717, 1.165) is 0 Å². The molecule has 0 saturated heterocycles. The smallest absolute Gasteiger partial charge is 0.157 e. The number of halogens is 3. The number of aldehydes is 1. The average Bonchev–Trinajstić information content (AvgIpc) is 2.40. The normalized spacial score (nSPS) is 27.3. The number of carbonyl (C=O) groups is 1. The van der Waals surface area contributed by atoms with Crippen molar-refractivity contribution < 1.29 is 18.7 Å². The third kappa shape index (κ3) is 2.78. The molecule has 0 amide bonds. The SMILES string of the molecule is CC(O)C1=C(c2cccc(F)c2)C(C=O)C(C)(F)C(Cl)=C1. The molecule has 1 N–H and O–H groups in total. The van der Waals surface area contributed by atoms with Crippen LogP contribution < -0.4 is 0 Å². The summed E-state index contributed by atoms with van der Waals surface area (Å²) in [5, 5.41) is 9.73. The fraction of sp³-hybridized carbons (Fsp3) is 0.312. The fourth-order valence-electron chi connectivity index (χ4n) is 2.50. The summed E-state index contributed by atoms with van der Waals surface area (Å²) in [7, 11) is 0. The van der Waals surface area contributed by atoms with E-state index in [0.29, 0.717) is 17.4 Å². The van der Waals surface area contributed by atoms with Crippen LogP contribution in [0, 0.1) is 11.7 Å². The van der Waals surface area contributed by atoms with Crippen LogP contribution in [0.25, 0.3) is 5.57 Å². The molecule has 3 atom stereocenters. The van der Waals surface area contributed by atoms with E-state index in [2.05, 4.69) is 0 Å². The molecular weight excluding hydrogens is 298 g/mol. The van der Waals surface area contributed by atoms with Crippen molar-refractivity contribution in [3.8, 4) is 0 Å². The third-order valence-corrected chi connectivity index (χ3v) is 4.16. The molecule has 1 aromatic carbocycles. The van der Waals surface area contributed by atoms with Gasteiger partial charge < -0.3 is 9.90 Å². The molecule has 0 heterocycles. The zero-order chi connectivity index (χ0) is 15.8. The second-order valence-electron chi connectivity index (χ2n) is 5.24. The predicted octanol–water partition coefficient (Wildman–Crippen LogP) is 3.64. The zero-order valence-corrected chi connectivity index (χ0v) is 12.4. The van der Waals surface area contributed by atoms with E-state index in [-0.39, 0.29) is 10.6 Å². The summed E-state index contributed by atoms with van der Waals surface area (Å²) in [5.41, 5.74) is -1.16. The van der Waals surface area contributed by atoms with Crippen molar-refractivity contribution in [2.75, 3.05) is 0 Å². The van der Waals surface area contributed by atoms with Crippen molar-refractivity contribution in [2.45, 2.75) is 25.6 Å². The standard InChI is InChI=1S/C16H15ClF2O2/c1-9(21)12-7-14(17)16(2,19)13(8-20)15(12)10-4-3-5-11(18)6-10/h3-9,13,21H,1-2H3. The van der Waals surface area contributed by atoms with Gasteiger partial charge in [-0.15, -0.1) is 0 Å². The maximum absolute atomic E-state index is 14.8. The van der Waals surface area contributed by atoms with E-state index in [4.69, 9.17) is 11.6 Å². The molecule has 112 valence electrons. The number of carbonyl (C=O) groups excluding carboxylic acids is 1. The Labute approximate surface area is 126 Å². The highest BCUT2D eigenvalue weighted by atomic mass is 35.5. The van der Waals surface area contributed by atoms with Crippen LogP contribution in [-0.2, 0) is 4.79 Å². The fourth-order valence-corrected chi connectivity index (χ4v) is 2.73. The van der Waals surface area contributed by atoms with Crippen LogP contribution in [0.2, 0.25) is 0 Å². The van der Waals surface area contributed by atoms with Crippen molar-refractivity contribution in [3.05, 3.63) is 52.3 Å². The molecule has 5 heteroatoms. The number of hydrogen-bond donors (Lipinski definition) is 1. The molecule has 0 fully saturated rings. The number of aliphatic hydroxyl groups excluding tert-OH is 1. The maximum Gasteiger partial charge on any atom is 0.157 e. The monoisotopic (exact) mass is 312 g/mol. The first-order chi connectivity index (χ1) is 9.78. The van der Waals surface area contributed by atoms with Crippen LogP contribution in [0.1, 0.15) is 19.4 Å². The second kappa shape index (κ2) is 5.70. The van der Waals surface area contributed by atoms with Crippen molar-refractivity contribution in [1.82, 2.24) is 0 Å². The summed E-state index contributed by atoms with van der Waals surface area (Å²) in [6.45, 7) is 2.68. The quantitative estimate of drug-likeness (QED) is 0.865. The van der Waals surface area contributed by atoms with E-state index in [9.17, 15) is 18.7 Å². The number of aliphatic hydroxyl groups is 1. The highest BCUT2D eigenvalue weighted by Crippen LogP contribution is 2.46. The Hall–Kier alpha value is -1.52. The van der Waals surface area contributed by atoms with Crippen molar-refractivity contribution in [2.24, 2.45) is 5.92 Å². The Morgan fingerprint density at radius 2 is 2.14 bits per heavy atom. The van der Waals surface area contributed by atoms with Gasteiger partial charge in [-0.25, -0.2) is 8.78 Å². The van der Waals surface area contributed by atoms with E-state index in [1.54, 1.807) is 6.07 Å². The first-order valence-corrected chi connectivity index (χ1v) is 6.86. The lowest BCUT2D eigenvalue weighted by Crippen LogP contribution is -2.36. The van der Waals surface area contributed by atoms with Gasteiger partial charge in [0.1, 0.15) is 12.1 Å². The molecule has 0 spiro atoms. The van der Waals surface area contributed by atoms with Gasteiger partial charge in [0.25, 0.3) is 0 Å². The van der Waals surface area contributed by atoms with E-state index < -0.39 is 23.5 Å². The molecule has 0 bridgehead atoms. The molecule has 2 nitrogen and oxygen atoms in total. The Morgan fingerprint density at radius 1 is 1.48 bits per heavy atom. The lowest BCUT2D eigenvalue weighted by Gasteiger charge is -2.34. The van der Waals surface area contributed by atoms with Crippen LogP contribution in [0.15, 0.2) is 40.9 Å². The number of alkyl halides is 1. The lowest BCUT2D eigenvalue weighted by atomic mass is 9.75. The first-order valence-electron chi connectivity index (χ1n) is 6.49. The first kappa shape index (κ1) is 15.9. The molecule has 21 heavy (non-hydrogen) atoms. The highest BCUT2D eigenvalue weighted by molar-refractivity contribution is 6.31. The molecule has 0 aromatic heterocycles. The number of rotatable bonds is 3. The Kier molecular flexibility index (Phi) is 4.30. The van der Waals surface area contributed by atoms with Crippen LogP contribution in [0.5, 0.6) is 0 Å². The van der Waals surface area contributed by atoms with Gasteiger partial charge in [-0.1, -0.05) is 23.7 Å². The van der Waals surface area contributed by atoms with Crippen LogP contribution in [0.3, 0.4) is 0 Å². The minimum atomic E-state index is -2.09. The lowest BCUT2D eigenvalue weighted by molar-refractivity contribution is -0.112. The summed E-state index contributed by atoms with van der Waals surface area (Å²) in [6.07, 6.45) is 0.792. The zero-order valence-electron chi connectivity index (χ0n) is 11.6. The van der Waals surface area contributed by atoms with E-state index in [1.165, 1.54) is 38.1 Å². The summed E-state index contributed by atoms with van der Waals surface area (Å²) < 4.78 is 28.2. The van der Waals surface area contributed by atoms with Crippen molar-refractivity contribution >= 4 is 23.5 Å². The van der Waals surface area contributed by atoms with Crippen LogP contribution in [0.4, 0.5) is 8.78 Å². The third-order valence-electron chi connectivity index (χ3n) is 3.68. The Balaban J connectivity index is 2.75. The molecule has 1 aliphatic rings. The Bertz CT molecular complexity index is 633. The largest absolute Gasteiger partial charge is 0.389 e. The molecule has 1 aliphatic carbocycles. The number of benzene rings is 1. The van der Waals surface area contributed by atoms with Gasteiger partial charge in [-0.3, -0.25) is 0 Å². The van der Waals surface area contributed by atoms with Gasteiger partial charge >= 0.3 is 0 Å². The van der Waals surface area contributed by atoms with Gasteiger partial charge in [-0.05, 0) is 48.8 Å². The van der Waals surface area contributed by atoms with Gasteiger partial charge in [0, 0.05) is 0 Å². The minimum Gasteiger partial charge on any atom is -0.389 e. The number of hydrogen-bond acceptors (Lipinski definition) is 2. The van der Waals surface area contributed by atoms with E-state index >= 15 is 0 Å². The summed E-state index contributed by atoms with van der Waals surface area (Å²) in [5.74, 6) is -1.71. The van der Waals surface area contributed by atoms with Gasteiger partial charge in [0.2, 0.25) is 0 Å². The van der Waals surface area contributed by atoms with Gasteiger partial charge in [-0.2, -0.15) is 0 Å². The van der Waals surface area contributed by atoms with Crippen LogP contribution >= 0.6 is 11.6 Å². The van der Waals surface area contributed by atoms with Crippen molar-refractivity contribution in [1.29, 1.82) is 0 Å². The minimum absolute atomic E-state index is 0.157. The molecule has 0 saturated carbocycles. The molecule has 3 unspecified atom stereocenters. The highest BCUT2D eigenvalue weighted by Gasteiger charge is 2.44. The van der Waals surface area contributed by atoms with E-state index in [1.807, 2.05) is 0 Å². The van der Waals surface area contributed by atoms with Gasteiger partial charge in [0.05, 0.1) is 17.1 Å². The average molecular weight is 313 g/mol. The summed E-state index contributed by atoms with van der Waals surface area (Å²) in [6, 6.07) is 5.49. The topological polar surface area (TPSA) is 37.3 Å². The molecular formula is C16H15ClF2O2. The molecule has 2 rings (SSSR count). The van der Waals surface area contributed by atoms with Crippen LogP contribution in [-0.4, -0.2) is 23.2 Å². The maximum atomic E-state index is 14.8. The summed E-state index contributed by atoms with van der Waals surface area (Å²) in [4.78, 5) is 11.4. The second-order valence-corrected chi connectivity index (χ2v) is 5.64. The molecule has 0 radical (unpaired) electrons. The Morgan fingerprint density at radius 3 is 2.67 bits per heavy atom. The predicted molar refractivity (Wildman–Crippen MR) is 78.0 cm³/mol. The summed E-state index contributed by atoms with van der Waals surface area (Å²) >= 11 is 5.91. The molecule has 1 aromatic rings.